The summed E-state index contributed by atoms with van der Waals surface area (Å²) in [6.07, 6.45) is 0. The van der Waals surface area contributed by atoms with Crippen molar-refractivity contribution >= 4 is 15.7 Å². The largest absolute Gasteiger partial charge is 0.388 e. The molecule has 0 aliphatic carbocycles. The van der Waals surface area contributed by atoms with Crippen molar-refractivity contribution in [2.75, 3.05) is 12.4 Å². The minimum absolute atomic E-state index is 0.182. The van der Waals surface area contributed by atoms with Gasteiger partial charge in [0.15, 0.2) is 0 Å². The maximum atomic E-state index is 12.1. The van der Waals surface area contributed by atoms with Crippen molar-refractivity contribution in [2.24, 2.45) is 0 Å². The first-order valence-corrected chi connectivity index (χ1v) is 7.80. The molecule has 0 atom stereocenters. The van der Waals surface area contributed by atoms with Gasteiger partial charge in [0.1, 0.15) is 0 Å². The number of nitrogens with one attached hydrogen (secondary N) is 2. The number of nitriles is 1. The standard InChI is InChI=1S/C15H15N3O2S/c1-17-14-6-8-15(9-7-14)21(19,20)18-11-13-4-2-12(10-16)3-5-13/h2-9,17-18H,11H2,1H3. The van der Waals surface area contributed by atoms with Crippen LogP contribution in [0.15, 0.2) is 53.4 Å². The van der Waals surface area contributed by atoms with E-state index >= 15 is 0 Å². The number of hydrogen-bond donors (Lipinski definition) is 2. The lowest BCUT2D eigenvalue weighted by atomic mass is 10.1. The number of benzene rings is 2. The number of hydrogen-bond acceptors (Lipinski definition) is 4. The minimum atomic E-state index is -3.54. The maximum absolute atomic E-state index is 12.1. The van der Waals surface area contributed by atoms with Crippen molar-refractivity contribution in [3.63, 3.8) is 0 Å². The van der Waals surface area contributed by atoms with Gasteiger partial charge in [0, 0.05) is 19.3 Å². The van der Waals surface area contributed by atoms with Gasteiger partial charge in [-0.2, -0.15) is 5.26 Å². The van der Waals surface area contributed by atoms with E-state index in [9.17, 15) is 8.42 Å². The first-order chi connectivity index (χ1) is 10.0. The minimum Gasteiger partial charge on any atom is -0.388 e. The molecule has 0 saturated heterocycles. The van der Waals surface area contributed by atoms with Crippen LogP contribution in [0.2, 0.25) is 0 Å². The lowest BCUT2D eigenvalue weighted by molar-refractivity contribution is 0.581. The van der Waals surface area contributed by atoms with E-state index in [1.807, 2.05) is 6.07 Å². The molecule has 0 heterocycles. The molecule has 2 aromatic carbocycles. The summed E-state index contributed by atoms with van der Waals surface area (Å²) in [5.41, 5.74) is 2.19. The van der Waals surface area contributed by atoms with Crippen molar-refractivity contribution in [3.05, 3.63) is 59.7 Å². The summed E-state index contributed by atoms with van der Waals surface area (Å²) in [5, 5.41) is 11.6. The Hall–Kier alpha value is -2.36. The van der Waals surface area contributed by atoms with Gasteiger partial charge in [0.05, 0.1) is 16.5 Å². The molecule has 0 aromatic heterocycles. The first-order valence-electron chi connectivity index (χ1n) is 6.32. The predicted molar refractivity (Wildman–Crippen MR) is 81.2 cm³/mol. The third-order valence-corrected chi connectivity index (χ3v) is 4.42. The van der Waals surface area contributed by atoms with Gasteiger partial charge in [0.2, 0.25) is 10.0 Å². The van der Waals surface area contributed by atoms with E-state index in [1.54, 1.807) is 55.6 Å². The lowest BCUT2D eigenvalue weighted by Gasteiger charge is -2.08. The Kier molecular flexibility index (Phi) is 4.58. The second kappa shape index (κ2) is 6.39. The van der Waals surface area contributed by atoms with E-state index in [2.05, 4.69) is 10.0 Å². The fraction of sp³-hybridized carbons (Fsp3) is 0.133. The quantitative estimate of drug-likeness (QED) is 0.886. The Morgan fingerprint density at radius 3 is 2.19 bits per heavy atom. The SMILES string of the molecule is CNc1ccc(S(=O)(=O)NCc2ccc(C#N)cc2)cc1. The smallest absolute Gasteiger partial charge is 0.240 e. The van der Waals surface area contributed by atoms with Crippen molar-refractivity contribution < 1.29 is 8.42 Å². The van der Waals surface area contributed by atoms with Gasteiger partial charge >= 0.3 is 0 Å². The molecule has 0 unspecified atom stereocenters. The molecule has 108 valence electrons. The van der Waals surface area contributed by atoms with Crippen LogP contribution < -0.4 is 10.0 Å². The monoisotopic (exact) mass is 301 g/mol. The van der Waals surface area contributed by atoms with Crippen LogP contribution in [0.5, 0.6) is 0 Å². The van der Waals surface area contributed by atoms with E-state index in [0.29, 0.717) is 5.56 Å². The topological polar surface area (TPSA) is 82.0 Å². The van der Waals surface area contributed by atoms with E-state index in [1.165, 1.54) is 0 Å². The molecular formula is C15H15N3O2S. The molecule has 0 amide bonds. The van der Waals surface area contributed by atoms with Crippen LogP contribution in [0.25, 0.3) is 0 Å². The Morgan fingerprint density at radius 1 is 1.05 bits per heavy atom. The fourth-order valence-electron chi connectivity index (χ4n) is 1.76. The van der Waals surface area contributed by atoms with Crippen LogP contribution in [0.1, 0.15) is 11.1 Å². The Bertz CT molecular complexity index is 745. The zero-order chi connectivity index (χ0) is 15.3. The van der Waals surface area contributed by atoms with Gasteiger partial charge in [-0.25, -0.2) is 13.1 Å². The zero-order valence-corrected chi connectivity index (χ0v) is 12.3. The summed E-state index contributed by atoms with van der Waals surface area (Å²) in [6, 6.07) is 15.3. The van der Waals surface area contributed by atoms with Crippen molar-refractivity contribution in [1.82, 2.24) is 4.72 Å². The molecule has 5 nitrogen and oxygen atoms in total. The molecule has 0 bridgehead atoms. The van der Waals surface area contributed by atoms with Crippen LogP contribution in [0.4, 0.5) is 5.69 Å². The highest BCUT2D eigenvalue weighted by Crippen LogP contribution is 2.14. The third-order valence-electron chi connectivity index (χ3n) is 3.00. The number of nitrogens with zero attached hydrogens (tertiary/aromatic N) is 1. The van der Waals surface area contributed by atoms with Gasteiger partial charge in [-0.3, -0.25) is 0 Å². The maximum Gasteiger partial charge on any atom is 0.240 e. The summed E-state index contributed by atoms with van der Waals surface area (Å²) >= 11 is 0. The van der Waals surface area contributed by atoms with Crippen LogP contribution in [0, 0.1) is 11.3 Å². The van der Waals surface area contributed by atoms with E-state index in [-0.39, 0.29) is 11.4 Å². The molecule has 0 spiro atoms. The zero-order valence-electron chi connectivity index (χ0n) is 11.5. The Labute approximate surface area is 124 Å². The van der Waals surface area contributed by atoms with Crippen LogP contribution in [-0.2, 0) is 16.6 Å². The second-order valence-electron chi connectivity index (χ2n) is 4.41. The molecule has 2 rings (SSSR count). The summed E-state index contributed by atoms with van der Waals surface area (Å²) in [5.74, 6) is 0. The van der Waals surface area contributed by atoms with Gasteiger partial charge in [-0.05, 0) is 42.0 Å². The molecule has 2 N–H and O–H groups in total. The molecule has 0 aliphatic rings. The average molecular weight is 301 g/mol. The number of rotatable bonds is 5. The Morgan fingerprint density at radius 2 is 1.67 bits per heavy atom. The molecule has 2 aromatic rings. The lowest BCUT2D eigenvalue weighted by Crippen LogP contribution is -2.23. The summed E-state index contributed by atoms with van der Waals surface area (Å²) in [7, 11) is -1.77. The van der Waals surface area contributed by atoms with Crippen molar-refractivity contribution in [1.29, 1.82) is 5.26 Å². The fourth-order valence-corrected chi connectivity index (χ4v) is 2.78. The highest BCUT2D eigenvalue weighted by atomic mass is 32.2. The normalized spacial score (nSPS) is 10.9. The summed E-state index contributed by atoms with van der Waals surface area (Å²) < 4.78 is 26.8. The molecule has 0 fully saturated rings. The first kappa shape index (κ1) is 15.0. The number of sulfonamides is 1. The van der Waals surface area contributed by atoms with Crippen LogP contribution in [0.3, 0.4) is 0 Å². The number of anilines is 1. The highest BCUT2D eigenvalue weighted by Gasteiger charge is 2.13. The second-order valence-corrected chi connectivity index (χ2v) is 6.17. The van der Waals surface area contributed by atoms with Crippen LogP contribution >= 0.6 is 0 Å². The van der Waals surface area contributed by atoms with Gasteiger partial charge < -0.3 is 5.32 Å². The highest BCUT2D eigenvalue weighted by molar-refractivity contribution is 7.89. The van der Waals surface area contributed by atoms with E-state index < -0.39 is 10.0 Å². The predicted octanol–water partition coefficient (Wildman–Crippen LogP) is 2.08. The van der Waals surface area contributed by atoms with Crippen LogP contribution in [-0.4, -0.2) is 15.5 Å². The van der Waals surface area contributed by atoms with Gasteiger partial charge in [-0.15, -0.1) is 0 Å². The molecule has 0 aliphatic heterocycles. The van der Waals surface area contributed by atoms with Crippen molar-refractivity contribution in [2.45, 2.75) is 11.4 Å². The van der Waals surface area contributed by atoms with E-state index in [4.69, 9.17) is 5.26 Å². The van der Waals surface area contributed by atoms with E-state index in [0.717, 1.165) is 11.3 Å². The van der Waals surface area contributed by atoms with Gasteiger partial charge in [-0.1, -0.05) is 12.1 Å². The molecule has 0 radical (unpaired) electrons. The molecule has 6 heteroatoms. The Balaban J connectivity index is 2.08. The summed E-state index contributed by atoms with van der Waals surface area (Å²) in [6.45, 7) is 0.182. The third kappa shape index (κ3) is 3.81. The molecular weight excluding hydrogens is 286 g/mol. The molecule has 0 saturated carbocycles. The van der Waals surface area contributed by atoms with Gasteiger partial charge in [0.25, 0.3) is 0 Å². The summed E-state index contributed by atoms with van der Waals surface area (Å²) in [4.78, 5) is 0.218. The van der Waals surface area contributed by atoms with Crippen molar-refractivity contribution in [3.8, 4) is 6.07 Å². The average Bonchev–Trinajstić information content (AvgIpc) is 2.53. The molecule has 21 heavy (non-hydrogen) atoms.